The molecule has 1 N–H and O–H groups in total. The van der Waals surface area contributed by atoms with E-state index in [-0.39, 0.29) is 0 Å². The van der Waals surface area contributed by atoms with Gasteiger partial charge in [0.15, 0.2) is 11.5 Å². The highest BCUT2D eigenvalue weighted by molar-refractivity contribution is 7.09. The quantitative estimate of drug-likeness (QED) is 0.852. The van der Waals surface area contributed by atoms with Crippen LogP contribution in [0.4, 0.5) is 0 Å². The highest BCUT2D eigenvalue weighted by Gasteiger charge is 2.12. The van der Waals surface area contributed by atoms with E-state index in [0.717, 1.165) is 36.7 Å². The number of benzene rings is 1. The molecule has 0 unspecified atom stereocenters. The number of rotatable bonds is 5. The van der Waals surface area contributed by atoms with Crippen LogP contribution in [0.2, 0.25) is 0 Å². The van der Waals surface area contributed by atoms with Crippen LogP contribution in [0.3, 0.4) is 0 Å². The lowest BCUT2D eigenvalue weighted by Crippen LogP contribution is -2.16. The number of fused-ring (bicyclic) bond motifs is 1. The fourth-order valence-corrected chi connectivity index (χ4v) is 2.83. The van der Waals surface area contributed by atoms with Crippen molar-refractivity contribution in [3.8, 4) is 11.5 Å². The summed E-state index contributed by atoms with van der Waals surface area (Å²) in [6.45, 7) is 4.19. The highest BCUT2D eigenvalue weighted by Crippen LogP contribution is 2.32. The first-order valence-corrected chi connectivity index (χ1v) is 7.19. The Hall–Kier alpha value is -1.59. The average Bonchev–Trinajstić information content (AvgIpc) is 3.03. The fraction of sp³-hybridized carbons (Fsp3) is 0.357. The number of aromatic nitrogens is 1. The third kappa shape index (κ3) is 2.88. The molecule has 0 aliphatic carbocycles. The largest absolute Gasteiger partial charge is 0.454 e. The summed E-state index contributed by atoms with van der Waals surface area (Å²) in [5.74, 6) is 1.68. The van der Waals surface area contributed by atoms with Gasteiger partial charge in [0.2, 0.25) is 6.79 Å². The number of ether oxygens (including phenoxy) is 2. The topological polar surface area (TPSA) is 43.4 Å². The number of thiazole rings is 1. The molecule has 4 nitrogen and oxygen atoms in total. The molecule has 1 aromatic heterocycles. The van der Waals surface area contributed by atoms with Crippen molar-refractivity contribution in [1.82, 2.24) is 10.3 Å². The lowest BCUT2D eigenvalue weighted by Gasteiger charge is -2.05. The minimum atomic E-state index is 0.330. The van der Waals surface area contributed by atoms with Gasteiger partial charge in [-0.25, -0.2) is 4.98 Å². The molecule has 2 heterocycles. The van der Waals surface area contributed by atoms with Crippen molar-refractivity contribution in [1.29, 1.82) is 0 Å². The van der Waals surface area contributed by atoms with Crippen LogP contribution in [-0.4, -0.2) is 18.3 Å². The molecule has 0 fully saturated rings. The van der Waals surface area contributed by atoms with Gasteiger partial charge >= 0.3 is 0 Å². The Morgan fingerprint density at radius 1 is 1.32 bits per heavy atom. The maximum atomic E-state index is 5.36. The third-order valence-corrected chi connectivity index (χ3v) is 4.13. The second kappa shape index (κ2) is 5.59. The maximum Gasteiger partial charge on any atom is 0.231 e. The summed E-state index contributed by atoms with van der Waals surface area (Å²) >= 11 is 1.72. The first-order valence-electron chi connectivity index (χ1n) is 6.31. The molecule has 2 aromatic rings. The fourth-order valence-electron chi connectivity index (χ4n) is 2.05. The van der Waals surface area contributed by atoms with Crippen LogP contribution in [0.25, 0.3) is 0 Å². The number of aryl methyl sites for hydroxylation is 1. The van der Waals surface area contributed by atoms with E-state index in [0.29, 0.717) is 6.79 Å². The number of hydrogen-bond acceptors (Lipinski definition) is 5. The van der Waals surface area contributed by atoms with E-state index in [4.69, 9.17) is 9.47 Å². The van der Waals surface area contributed by atoms with Gasteiger partial charge in [0, 0.05) is 18.0 Å². The van der Waals surface area contributed by atoms with Gasteiger partial charge in [-0.1, -0.05) is 6.07 Å². The van der Waals surface area contributed by atoms with E-state index in [9.17, 15) is 0 Å². The summed E-state index contributed by atoms with van der Waals surface area (Å²) in [6.07, 6.45) is 1.03. The molecule has 1 aromatic carbocycles. The monoisotopic (exact) mass is 276 g/mol. The van der Waals surface area contributed by atoms with Gasteiger partial charge in [0.05, 0.1) is 11.2 Å². The molecule has 0 atom stereocenters. The van der Waals surface area contributed by atoms with Crippen LogP contribution < -0.4 is 14.8 Å². The summed E-state index contributed by atoms with van der Waals surface area (Å²) in [6, 6.07) is 6.07. The molecule has 1 aliphatic rings. The van der Waals surface area contributed by atoms with Gasteiger partial charge in [0.25, 0.3) is 0 Å². The number of nitrogens with one attached hydrogen (secondary N) is 1. The molecule has 1 aliphatic heterocycles. The molecule has 0 saturated carbocycles. The zero-order chi connectivity index (χ0) is 13.1. The predicted octanol–water partition coefficient (Wildman–Crippen LogP) is 2.51. The zero-order valence-electron chi connectivity index (χ0n) is 10.8. The van der Waals surface area contributed by atoms with Crippen LogP contribution in [0, 0.1) is 6.92 Å². The molecule has 0 bridgehead atoms. The second-order valence-electron chi connectivity index (χ2n) is 4.48. The van der Waals surface area contributed by atoms with Gasteiger partial charge in [-0.05, 0) is 31.0 Å². The Morgan fingerprint density at radius 2 is 2.21 bits per heavy atom. The average molecular weight is 276 g/mol. The molecule has 0 saturated heterocycles. The Bertz CT molecular complexity index is 568. The molecule has 5 heteroatoms. The minimum Gasteiger partial charge on any atom is -0.454 e. The van der Waals surface area contributed by atoms with Crippen LogP contribution in [0.5, 0.6) is 11.5 Å². The SMILES string of the molecule is Cc1ncsc1CCNCc1ccc2c(c1)OCO2. The van der Waals surface area contributed by atoms with Gasteiger partial charge in [0.1, 0.15) is 0 Å². The van der Waals surface area contributed by atoms with Crippen LogP contribution in [0.15, 0.2) is 23.7 Å². The van der Waals surface area contributed by atoms with Gasteiger partial charge in [-0.3, -0.25) is 0 Å². The van der Waals surface area contributed by atoms with Gasteiger partial charge in [-0.2, -0.15) is 0 Å². The standard InChI is InChI=1S/C14H16N2O2S/c1-10-14(19-8-16-10)4-5-15-7-11-2-3-12-13(6-11)18-9-17-12/h2-3,6,8,15H,4-5,7,9H2,1H3. The van der Waals surface area contributed by atoms with Crippen molar-refractivity contribution in [2.75, 3.05) is 13.3 Å². The van der Waals surface area contributed by atoms with E-state index in [1.807, 2.05) is 17.6 Å². The van der Waals surface area contributed by atoms with Crippen molar-refractivity contribution in [2.45, 2.75) is 19.9 Å². The lowest BCUT2D eigenvalue weighted by atomic mass is 10.2. The first kappa shape index (κ1) is 12.4. The van der Waals surface area contributed by atoms with Crippen molar-refractivity contribution in [3.63, 3.8) is 0 Å². The summed E-state index contributed by atoms with van der Waals surface area (Å²) in [7, 11) is 0. The van der Waals surface area contributed by atoms with Crippen LogP contribution in [0.1, 0.15) is 16.1 Å². The molecule has 0 spiro atoms. The molecule has 3 rings (SSSR count). The third-order valence-electron chi connectivity index (χ3n) is 3.14. The van der Waals surface area contributed by atoms with Crippen molar-refractivity contribution < 1.29 is 9.47 Å². The number of nitrogens with zero attached hydrogens (tertiary/aromatic N) is 1. The molecule has 100 valence electrons. The molecule has 19 heavy (non-hydrogen) atoms. The second-order valence-corrected chi connectivity index (χ2v) is 5.41. The minimum absolute atomic E-state index is 0.330. The zero-order valence-corrected chi connectivity index (χ0v) is 11.6. The summed E-state index contributed by atoms with van der Waals surface area (Å²) < 4.78 is 10.7. The van der Waals surface area contributed by atoms with Crippen molar-refractivity contribution >= 4 is 11.3 Å². The summed E-state index contributed by atoms with van der Waals surface area (Å²) in [5, 5.41) is 3.44. The summed E-state index contributed by atoms with van der Waals surface area (Å²) in [5.41, 5.74) is 4.27. The van der Waals surface area contributed by atoms with E-state index in [1.165, 1.54) is 10.4 Å². The summed E-state index contributed by atoms with van der Waals surface area (Å²) in [4.78, 5) is 5.61. The van der Waals surface area contributed by atoms with Crippen LogP contribution >= 0.6 is 11.3 Å². The van der Waals surface area contributed by atoms with Crippen molar-refractivity contribution in [3.05, 3.63) is 39.8 Å². The maximum absolute atomic E-state index is 5.36. The Morgan fingerprint density at radius 3 is 3.05 bits per heavy atom. The number of hydrogen-bond donors (Lipinski definition) is 1. The van der Waals surface area contributed by atoms with E-state index in [2.05, 4.69) is 23.3 Å². The van der Waals surface area contributed by atoms with Crippen LogP contribution in [-0.2, 0) is 13.0 Å². The Labute approximate surface area is 116 Å². The molecule has 0 amide bonds. The Balaban J connectivity index is 1.49. The predicted molar refractivity (Wildman–Crippen MR) is 74.8 cm³/mol. The smallest absolute Gasteiger partial charge is 0.231 e. The highest BCUT2D eigenvalue weighted by atomic mass is 32.1. The van der Waals surface area contributed by atoms with Gasteiger partial charge in [-0.15, -0.1) is 11.3 Å². The first-order chi connectivity index (χ1) is 9.33. The lowest BCUT2D eigenvalue weighted by molar-refractivity contribution is 0.174. The Kier molecular flexibility index (Phi) is 3.66. The van der Waals surface area contributed by atoms with E-state index < -0.39 is 0 Å². The van der Waals surface area contributed by atoms with Crippen molar-refractivity contribution in [2.24, 2.45) is 0 Å². The molecule has 0 radical (unpaired) electrons. The molecular formula is C14H16N2O2S. The molecular weight excluding hydrogens is 260 g/mol. The van der Waals surface area contributed by atoms with E-state index in [1.54, 1.807) is 11.3 Å². The van der Waals surface area contributed by atoms with Gasteiger partial charge < -0.3 is 14.8 Å². The van der Waals surface area contributed by atoms with E-state index >= 15 is 0 Å². The normalized spacial score (nSPS) is 12.9.